The SMILES string of the molecule is CCCOC1CCCN(S(=O)(=O)N(C)CCC(=O)O)C1. The van der Waals surface area contributed by atoms with Gasteiger partial charge in [0.25, 0.3) is 10.2 Å². The number of carbonyl (C=O) groups is 1. The largest absolute Gasteiger partial charge is 0.481 e. The van der Waals surface area contributed by atoms with Crippen molar-refractivity contribution < 1.29 is 23.1 Å². The highest BCUT2D eigenvalue weighted by molar-refractivity contribution is 7.86. The normalized spacial score (nSPS) is 21.2. The molecule has 0 aromatic rings. The van der Waals surface area contributed by atoms with Gasteiger partial charge < -0.3 is 9.84 Å². The first-order valence-electron chi connectivity index (χ1n) is 6.92. The van der Waals surface area contributed by atoms with Crippen LogP contribution in [0.3, 0.4) is 0 Å². The Morgan fingerprint density at radius 2 is 2.20 bits per heavy atom. The molecule has 8 heteroatoms. The molecule has 0 aromatic carbocycles. The highest BCUT2D eigenvalue weighted by Crippen LogP contribution is 2.18. The summed E-state index contributed by atoms with van der Waals surface area (Å²) in [7, 11) is -2.18. The number of carboxylic acids is 1. The zero-order valence-electron chi connectivity index (χ0n) is 12.1. The second kappa shape index (κ2) is 7.92. The molecular formula is C12H24N2O5S. The Labute approximate surface area is 120 Å². The topological polar surface area (TPSA) is 87.2 Å². The summed E-state index contributed by atoms with van der Waals surface area (Å²) in [5, 5.41) is 8.62. The Kier molecular flexibility index (Phi) is 6.87. The van der Waals surface area contributed by atoms with Gasteiger partial charge in [-0.1, -0.05) is 6.92 Å². The van der Waals surface area contributed by atoms with Crippen molar-refractivity contribution in [3.8, 4) is 0 Å². The Morgan fingerprint density at radius 1 is 1.50 bits per heavy atom. The van der Waals surface area contributed by atoms with Crippen LogP contribution in [0.5, 0.6) is 0 Å². The first-order valence-corrected chi connectivity index (χ1v) is 8.32. The maximum atomic E-state index is 12.3. The predicted molar refractivity (Wildman–Crippen MR) is 74.6 cm³/mol. The van der Waals surface area contributed by atoms with E-state index in [1.165, 1.54) is 11.4 Å². The molecule has 0 aliphatic carbocycles. The third-order valence-electron chi connectivity index (χ3n) is 3.26. The molecule has 0 radical (unpaired) electrons. The molecule has 0 amide bonds. The van der Waals surface area contributed by atoms with Gasteiger partial charge in [-0.2, -0.15) is 17.0 Å². The average molecular weight is 308 g/mol. The number of carboxylic acid groups (broad SMARTS) is 1. The monoisotopic (exact) mass is 308 g/mol. The summed E-state index contributed by atoms with van der Waals surface area (Å²) in [6, 6.07) is 0. The molecule has 20 heavy (non-hydrogen) atoms. The van der Waals surface area contributed by atoms with Crippen LogP contribution in [0.25, 0.3) is 0 Å². The van der Waals surface area contributed by atoms with Crippen molar-refractivity contribution >= 4 is 16.2 Å². The van der Waals surface area contributed by atoms with Crippen LogP contribution in [0.15, 0.2) is 0 Å². The number of rotatable bonds is 8. The number of piperidine rings is 1. The van der Waals surface area contributed by atoms with E-state index in [0.717, 1.165) is 23.6 Å². The van der Waals surface area contributed by atoms with Crippen molar-refractivity contribution in [2.45, 2.75) is 38.7 Å². The van der Waals surface area contributed by atoms with Crippen LogP contribution in [0.4, 0.5) is 0 Å². The number of aliphatic carboxylic acids is 1. The Bertz CT molecular complexity index is 412. The second-order valence-electron chi connectivity index (χ2n) is 4.97. The van der Waals surface area contributed by atoms with Gasteiger partial charge in [-0.3, -0.25) is 4.79 Å². The van der Waals surface area contributed by atoms with E-state index < -0.39 is 16.2 Å². The minimum atomic E-state index is -3.59. The number of hydrogen-bond donors (Lipinski definition) is 1. The molecule has 0 aromatic heterocycles. The Hall–Kier alpha value is -0.700. The smallest absolute Gasteiger partial charge is 0.304 e. The first kappa shape index (κ1) is 17.4. The summed E-state index contributed by atoms with van der Waals surface area (Å²) in [5.74, 6) is -1.00. The summed E-state index contributed by atoms with van der Waals surface area (Å²) in [6.45, 7) is 3.44. The zero-order valence-corrected chi connectivity index (χ0v) is 12.9. The number of ether oxygens (including phenoxy) is 1. The molecule has 1 atom stereocenters. The van der Waals surface area contributed by atoms with Gasteiger partial charge in [0.2, 0.25) is 0 Å². The van der Waals surface area contributed by atoms with Gasteiger partial charge in [-0.15, -0.1) is 0 Å². The number of hydrogen-bond acceptors (Lipinski definition) is 4. The van der Waals surface area contributed by atoms with Gasteiger partial charge in [0, 0.05) is 33.3 Å². The van der Waals surface area contributed by atoms with Crippen molar-refractivity contribution in [2.75, 3.05) is 33.3 Å². The molecule has 1 rings (SSSR count). The van der Waals surface area contributed by atoms with E-state index in [0.29, 0.717) is 19.7 Å². The van der Waals surface area contributed by atoms with Crippen LogP contribution in [0.2, 0.25) is 0 Å². The molecule has 1 saturated heterocycles. The molecule has 1 aliphatic heterocycles. The minimum Gasteiger partial charge on any atom is -0.481 e. The lowest BCUT2D eigenvalue weighted by molar-refractivity contribution is -0.137. The van der Waals surface area contributed by atoms with Crippen LogP contribution in [-0.4, -0.2) is 67.5 Å². The molecule has 0 saturated carbocycles. The van der Waals surface area contributed by atoms with Crippen molar-refractivity contribution in [1.29, 1.82) is 0 Å². The summed E-state index contributed by atoms with van der Waals surface area (Å²) in [6.07, 6.45) is 2.28. The van der Waals surface area contributed by atoms with Crippen LogP contribution < -0.4 is 0 Å². The van der Waals surface area contributed by atoms with Crippen LogP contribution in [-0.2, 0) is 19.7 Å². The fourth-order valence-electron chi connectivity index (χ4n) is 2.10. The van der Waals surface area contributed by atoms with E-state index in [2.05, 4.69) is 0 Å². The van der Waals surface area contributed by atoms with E-state index in [1.807, 2.05) is 6.92 Å². The maximum absolute atomic E-state index is 12.3. The molecule has 1 fully saturated rings. The van der Waals surface area contributed by atoms with Crippen LogP contribution in [0.1, 0.15) is 32.6 Å². The van der Waals surface area contributed by atoms with Crippen LogP contribution in [0, 0.1) is 0 Å². The predicted octanol–water partition coefficient (Wildman–Crippen LogP) is 0.529. The summed E-state index contributed by atoms with van der Waals surface area (Å²) < 4.78 is 32.7. The second-order valence-corrected chi connectivity index (χ2v) is 7.00. The van der Waals surface area contributed by atoms with Gasteiger partial charge in [0.15, 0.2) is 0 Å². The lowest BCUT2D eigenvalue weighted by atomic mass is 10.1. The highest BCUT2D eigenvalue weighted by Gasteiger charge is 2.32. The van der Waals surface area contributed by atoms with Crippen LogP contribution >= 0.6 is 0 Å². The summed E-state index contributed by atoms with van der Waals surface area (Å²) in [5.41, 5.74) is 0. The van der Waals surface area contributed by atoms with Gasteiger partial charge in [0.05, 0.1) is 12.5 Å². The molecule has 7 nitrogen and oxygen atoms in total. The van der Waals surface area contributed by atoms with Crippen molar-refractivity contribution in [3.63, 3.8) is 0 Å². The van der Waals surface area contributed by atoms with Gasteiger partial charge >= 0.3 is 5.97 Å². The third kappa shape index (κ3) is 5.01. The average Bonchev–Trinajstić information content (AvgIpc) is 2.42. The van der Waals surface area contributed by atoms with Gasteiger partial charge in [0.1, 0.15) is 0 Å². The van der Waals surface area contributed by atoms with E-state index in [4.69, 9.17) is 9.84 Å². The van der Waals surface area contributed by atoms with E-state index >= 15 is 0 Å². The van der Waals surface area contributed by atoms with Crippen molar-refractivity contribution in [2.24, 2.45) is 0 Å². The fourth-order valence-corrected chi connectivity index (χ4v) is 3.53. The lowest BCUT2D eigenvalue weighted by Gasteiger charge is -2.34. The fraction of sp³-hybridized carbons (Fsp3) is 0.917. The zero-order chi connectivity index (χ0) is 15.2. The van der Waals surface area contributed by atoms with Gasteiger partial charge in [-0.25, -0.2) is 0 Å². The molecule has 118 valence electrons. The molecular weight excluding hydrogens is 284 g/mol. The number of nitrogens with zero attached hydrogens (tertiary/aromatic N) is 2. The lowest BCUT2D eigenvalue weighted by Crippen LogP contribution is -2.49. The first-order chi connectivity index (χ1) is 9.37. The van der Waals surface area contributed by atoms with Gasteiger partial charge in [-0.05, 0) is 19.3 Å². The van der Waals surface area contributed by atoms with E-state index in [9.17, 15) is 13.2 Å². The quantitative estimate of drug-likeness (QED) is 0.707. The standard InChI is InChI=1S/C12H24N2O5S/c1-3-9-19-11-5-4-7-14(10-11)20(17,18)13(2)8-6-12(15)16/h11H,3-10H2,1-2H3,(H,15,16). The summed E-state index contributed by atoms with van der Waals surface area (Å²) in [4.78, 5) is 10.5. The highest BCUT2D eigenvalue weighted by atomic mass is 32.2. The Balaban J connectivity index is 2.59. The Morgan fingerprint density at radius 3 is 2.80 bits per heavy atom. The van der Waals surface area contributed by atoms with Crippen molar-refractivity contribution in [1.82, 2.24) is 8.61 Å². The van der Waals surface area contributed by atoms with E-state index in [1.54, 1.807) is 0 Å². The molecule has 1 N–H and O–H groups in total. The molecule has 0 spiro atoms. The molecule has 0 bridgehead atoms. The maximum Gasteiger partial charge on any atom is 0.304 e. The minimum absolute atomic E-state index is 0.0192. The van der Waals surface area contributed by atoms with Crippen molar-refractivity contribution in [3.05, 3.63) is 0 Å². The third-order valence-corrected chi connectivity index (χ3v) is 5.21. The molecule has 1 aliphatic rings. The molecule has 1 heterocycles. The van der Waals surface area contributed by atoms with E-state index in [-0.39, 0.29) is 19.1 Å². The summed E-state index contributed by atoms with van der Waals surface area (Å²) >= 11 is 0. The molecule has 1 unspecified atom stereocenters.